The number of hydrogen-bond acceptors (Lipinski definition) is 3. The van der Waals surface area contributed by atoms with Crippen LogP contribution in [-0.2, 0) is 5.41 Å². The van der Waals surface area contributed by atoms with E-state index in [9.17, 15) is 4.79 Å². The predicted octanol–water partition coefficient (Wildman–Crippen LogP) is 2.78. The molecule has 1 aliphatic rings. The summed E-state index contributed by atoms with van der Waals surface area (Å²) in [4.78, 5) is 19.2. The highest BCUT2D eigenvalue weighted by Crippen LogP contribution is 2.35. The highest BCUT2D eigenvalue weighted by atomic mass is 16.2. The van der Waals surface area contributed by atoms with Crippen LogP contribution in [0.25, 0.3) is 5.65 Å². The zero-order valence-corrected chi connectivity index (χ0v) is 15.1. The van der Waals surface area contributed by atoms with Crippen LogP contribution in [0.1, 0.15) is 34.5 Å². The van der Waals surface area contributed by atoms with E-state index < -0.39 is 0 Å². The van der Waals surface area contributed by atoms with Crippen molar-refractivity contribution in [2.45, 2.75) is 25.2 Å². The Morgan fingerprint density at radius 2 is 1.88 bits per heavy atom. The molecule has 0 spiro atoms. The van der Waals surface area contributed by atoms with E-state index in [4.69, 9.17) is 5.73 Å². The Labute approximate surface area is 153 Å². The molecular weight excluding hydrogens is 324 g/mol. The van der Waals surface area contributed by atoms with Gasteiger partial charge in [-0.2, -0.15) is 0 Å². The number of rotatable bonds is 3. The van der Waals surface area contributed by atoms with Gasteiger partial charge < -0.3 is 15.0 Å². The molecule has 1 aromatic carbocycles. The molecule has 5 heteroatoms. The topological polar surface area (TPSA) is 63.6 Å². The largest absolute Gasteiger partial charge is 0.339 e. The first-order valence-corrected chi connectivity index (χ1v) is 9.12. The minimum atomic E-state index is -0.0249. The van der Waals surface area contributed by atoms with Gasteiger partial charge in [-0.1, -0.05) is 30.3 Å². The summed E-state index contributed by atoms with van der Waals surface area (Å²) in [5, 5.41) is 0. The van der Waals surface area contributed by atoms with Crippen LogP contribution >= 0.6 is 0 Å². The van der Waals surface area contributed by atoms with Gasteiger partial charge in [0.2, 0.25) is 0 Å². The maximum Gasteiger partial charge on any atom is 0.255 e. The summed E-state index contributed by atoms with van der Waals surface area (Å²) in [5.74, 6) is 0.0821. The number of piperidine rings is 1. The van der Waals surface area contributed by atoms with Gasteiger partial charge in [-0.3, -0.25) is 4.79 Å². The summed E-state index contributed by atoms with van der Waals surface area (Å²) < 4.78 is 1.96. The van der Waals surface area contributed by atoms with Gasteiger partial charge >= 0.3 is 0 Å². The molecule has 3 aromatic rings. The number of pyridine rings is 1. The lowest BCUT2D eigenvalue weighted by Gasteiger charge is -2.41. The number of aromatic nitrogens is 2. The van der Waals surface area contributed by atoms with Crippen molar-refractivity contribution in [1.82, 2.24) is 14.3 Å². The second-order valence-electron chi connectivity index (χ2n) is 7.19. The zero-order chi connectivity index (χ0) is 18.1. The lowest BCUT2D eigenvalue weighted by atomic mass is 9.73. The van der Waals surface area contributed by atoms with Gasteiger partial charge in [0.05, 0.1) is 5.56 Å². The van der Waals surface area contributed by atoms with Crippen LogP contribution in [0.3, 0.4) is 0 Å². The van der Waals surface area contributed by atoms with Crippen LogP contribution in [0, 0.1) is 6.92 Å². The Hall–Kier alpha value is -2.66. The summed E-state index contributed by atoms with van der Waals surface area (Å²) in [6, 6.07) is 14.2. The minimum Gasteiger partial charge on any atom is -0.339 e. The molecule has 5 nitrogen and oxygen atoms in total. The number of likely N-dealkylation sites (tertiary alicyclic amines) is 1. The molecule has 0 bridgehead atoms. The first kappa shape index (κ1) is 16.8. The molecule has 0 atom stereocenters. The van der Waals surface area contributed by atoms with Crippen molar-refractivity contribution in [3.63, 3.8) is 0 Å². The summed E-state index contributed by atoms with van der Waals surface area (Å²) >= 11 is 0. The minimum absolute atomic E-state index is 0.0249. The van der Waals surface area contributed by atoms with Crippen LogP contribution in [-0.4, -0.2) is 39.8 Å². The quantitative estimate of drug-likeness (QED) is 0.792. The summed E-state index contributed by atoms with van der Waals surface area (Å²) in [6.45, 7) is 4.06. The van der Waals surface area contributed by atoms with E-state index in [1.54, 1.807) is 0 Å². The van der Waals surface area contributed by atoms with E-state index in [2.05, 4.69) is 29.2 Å². The lowest BCUT2D eigenvalue weighted by Crippen LogP contribution is -2.48. The van der Waals surface area contributed by atoms with Crippen LogP contribution in [0.15, 0.2) is 54.9 Å². The molecule has 4 rings (SSSR count). The normalized spacial score (nSPS) is 16.8. The van der Waals surface area contributed by atoms with Crippen LogP contribution in [0.4, 0.5) is 0 Å². The van der Waals surface area contributed by atoms with Gasteiger partial charge in [0.1, 0.15) is 5.65 Å². The number of carbonyl (C=O) groups excluding carboxylic acids is 1. The van der Waals surface area contributed by atoms with Gasteiger partial charge in [0, 0.05) is 43.1 Å². The monoisotopic (exact) mass is 348 g/mol. The van der Waals surface area contributed by atoms with E-state index in [0.29, 0.717) is 12.1 Å². The van der Waals surface area contributed by atoms with Gasteiger partial charge in [-0.25, -0.2) is 4.98 Å². The maximum atomic E-state index is 13.0. The molecule has 1 saturated heterocycles. The molecule has 2 N–H and O–H groups in total. The average Bonchev–Trinajstić information content (AvgIpc) is 3.08. The van der Waals surface area contributed by atoms with E-state index in [-0.39, 0.29) is 11.3 Å². The molecule has 1 amide bonds. The van der Waals surface area contributed by atoms with E-state index >= 15 is 0 Å². The third-order valence-corrected chi connectivity index (χ3v) is 5.72. The second kappa shape index (κ2) is 6.57. The SMILES string of the molecule is Cc1cnc2ccc(C(=O)N3CCC(CN)(c4ccccc4)CC3)cn12. The van der Waals surface area contributed by atoms with Gasteiger partial charge in [-0.15, -0.1) is 0 Å². The Morgan fingerprint density at radius 3 is 2.58 bits per heavy atom. The first-order chi connectivity index (χ1) is 12.6. The van der Waals surface area contributed by atoms with Crippen molar-refractivity contribution in [1.29, 1.82) is 0 Å². The number of aryl methyl sites for hydroxylation is 1. The standard InChI is InChI=1S/C21H24N4O/c1-16-13-23-19-8-7-17(14-25(16)19)20(26)24-11-9-21(15-22,10-12-24)18-5-3-2-4-6-18/h2-8,13-14H,9-12,15,22H2,1H3. The number of carbonyl (C=O) groups is 1. The molecule has 0 unspecified atom stereocenters. The van der Waals surface area contributed by atoms with E-state index in [1.165, 1.54) is 5.56 Å². The predicted molar refractivity (Wildman–Crippen MR) is 102 cm³/mol. The first-order valence-electron chi connectivity index (χ1n) is 9.12. The fourth-order valence-corrected chi connectivity index (χ4v) is 3.95. The lowest BCUT2D eigenvalue weighted by molar-refractivity contribution is 0.0669. The highest BCUT2D eigenvalue weighted by molar-refractivity contribution is 5.94. The van der Waals surface area contributed by atoms with Crippen LogP contribution < -0.4 is 5.73 Å². The fourth-order valence-electron chi connectivity index (χ4n) is 3.95. The molecule has 0 saturated carbocycles. The third-order valence-electron chi connectivity index (χ3n) is 5.72. The Morgan fingerprint density at radius 1 is 1.15 bits per heavy atom. The number of fused-ring (bicyclic) bond motifs is 1. The van der Waals surface area contributed by atoms with Crippen LogP contribution in [0.5, 0.6) is 0 Å². The molecule has 0 radical (unpaired) electrons. The number of hydrogen-bond donors (Lipinski definition) is 1. The summed E-state index contributed by atoms with van der Waals surface area (Å²) in [6.07, 6.45) is 5.50. The molecule has 0 aliphatic carbocycles. The fraction of sp³-hybridized carbons (Fsp3) is 0.333. The molecule has 3 heterocycles. The van der Waals surface area contributed by atoms with Crippen molar-refractivity contribution in [3.8, 4) is 0 Å². The number of nitrogens with zero attached hydrogens (tertiary/aromatic N) is 3. The smallest absolute Gasteiger partial charge is 0.255 e. The van der Waals surface area contributed by atoms with E-state index in [1.807, 2.05) is 46.8 Å². The molecule has 26 heavy (non-hydrogen) atoms. The Bertz CT molecular complexity index is 924. The average molecular weight is 348 g/mol. The molecule has 134 valence electrons. The van der Waals surface area contributed by atoms with Crippen molar-refractivity contribution >= 4 is 11.6 Å². The van der Waals surface area contributed by atoms with Gasteiger partial charge in [0.25, 0.3) is 5.91 Å². The van der Waals surface area contributed by atoms with Crippen molar-refractivity contribution in [2.24, 2.45) is 5.73 Å². The maximum absolute atomic E-state index is 13.0. The Balaban J connectivity index is 1.53. The molecular formula is C21H24N4O. The molecule has 1 fully saturated rings. The highest BCUT2D eigenvalue weighted by Gasteiger charge is 2.36. The van der Waals surface area contributed by atoms with Gasteiger partial charge in [0.15, 0.2) is 0 Å². The third kappa shape index (κ3) is 2.78. The van der Waals surface area contributed by atoms with Crippen molar-refractivity contribution in [3.05, 3.63) is 71.7 Å². The summed E-state index contributed by atoms with van der Waals surface area (Å²) in [5.41, 5.74) is 10.0. The van der Waals surface area contributed by atoms with Gasteiger partial charge in [-0.05, 0) is 37.5 Å². The molecule has 1 aliphatic heterocycles. The Kier molecular flexibility index (Phi) is 4.24. The van der Waals surface area contributed by atoms with Crippen molar-refractivity contribution < 1.29 is 4.79 Å². The second-order valence-corrected chi connectivity index (χ2v) is 7.19. The molecule has 2 aromatic heterocycles. The summed E-state index contributed by atoms with van der Waals surface area (Å²) in [7, 11) is 0. The number of nitrogens with two attached hydrogens (primary N) is 1. The number of benzene rings is 1. The number of imidazole rings is 1. The van der Waals surface area contributed by atoms with Crippen molar-refractivity contribution in [2.75, 3.05) is 19.6 Å². The number of amides is 1. The van der Waals surface area contributed by atoms with E-state index in [0.717, 1.165) is 37.3 Å². The zero-order valence-electron chi connectivity index (χ0n) is 15.1. The van der Waals surface area contributed by atoms with Crippen LogP contribution in [0.2, 0.25) is 0 Å².